The molecule has 2 aromatic carbocycles. The van der Waals surface area contributed by atoms with Gasteiger partial charge in [0.1, 0.15) is 12.3 Å². The summed E-state index contributed by atoms with van der Waals surface area (Å²) in [4.78, 5) is 9.59. The fourth-order valence-corrected chi connectivity index (χ4v) is 2.93. The van der Waals surface area contributed by atoms with Gasteiger partial charge in [-0.05, 0) is 16.9 Å². The Labute approximate surface area is 136 Å². The molecule has 0 fully saturated rings. The second-order valence-electron chi connectivity index (χ2n) is 7.18. The standard InChI is InChI=1S/C20H20N2O/c1-20(2,3)17-12-23-19(22-17)16-11-10-14-9-8-13-6-4-5-7-15(13)18(14)21-16/h4-11,17H,12H2,1-3H3/t17-/m1/s1. The summed E-state index contributed by atoms with van der Waals surface area (Å²) in [6.07, 6.45) is 0. The van der Waals surface area contributed by atoms with Crippen LogP contribution in [0.4, 0.5) is 0 Å². The largest absolute Gasteiger partial charge is 0.474 e. The minimum Gasteiger partial charge on any atom is -0.474 e. The van der Waals surface area contributed by atoms with Crippen LogP contribution < -0.4 is 0 Å². The highest BCUT2D eigenvalue weighted by Crippen LogP contribution is 2.28. The SMILES string of the molecule is CC(C)(C)[C@H]1COC(c2ccc3ccc4ccccc4c3n2)=N1. The number of rotatable bonds is 1. The minimum atomic E-state index is 0.102. The summed E-state index contributed by atoms with van der Waals surface area (Å²) >= 11 is 0. The Hall–Kier alpha value is -2.42. The Balaban J connectivity index is 1.85. The van der Waals surface area contributed by atoms with Gasteiger partial charge >= 0.3 is 0 Å². The number of hydrogen-bond donors (Lipinski definition) is 0. The Morgan fingerprint density at radius 1 is 0.957 bits per heavy atom. The average molecular weight is 304 g/mol. The van der Waals surface area contributed by atoms with Crippen molar-refractivity contribution >= 4 is 27.6 Å². The molecule has 0 unspecified atom stereocenters. The van der Waals surface area contributed by atoms with E-state index in [9.17, 15) is 0 Å². The fraction of sp³-hybridized carbons (Fsp3) is 0.300. The third-order valence-corrected chi connectivity index (χ3v) is 4.45. The van der Waals surface area contributed by atoms with E-state index in [1.165, 1.54) is 5.39 Å². The zero-order valence-electron chi connectivity index (χ0n) is 13.7. The number of aliphatic imine (C=N–C) groups is 1. The summed E-state index contributed by atoms with van der Waals surface area (Å²) in [6, 6.07) is 16.9. The third kappa shape index (κ3) is 2.46. The zero-order chi connectivity index (χ0) is 16.0. The lowest BCUT2D eigenvalue weighted by molar-refractivity contribution is 0.235. The molecular weight excluding hydrogens is 284 g/mol. The van der Waals surface area contributed by atoms with E-state index in [0.717, 1.165) is 22.0 Å². The summed E-state index contributed by atoms with van der Waals surface area (Å²) < 4.78 is 5.83. The lowest BCUT2D eigenvalue weighted by Gasteiger charge is -2.21. The van der Waals surface area contributed by atoms with Crippen molar-refractivity contribution < 1.29 is 4.74 Å². The normalized spacial score (nSPS) is 18.2. The molecule has 3 aromatic rings. The predicted octanol–water partition coefficient (Wildman–Crippen LogP) is 4.58. The highest BCUT2D eigenvalue weighted by atomic mass is 16.5. The van der Waals surface area contributed by atoms with Crippen molar-refractivity contribution in [2.45, 2.75) is 26.8 Å². The van der Waals surface area contributed by atoms with Crippen LogP contribution >= 0.6 is 0 Å². The molecule has 0 bridgehead atoms. The van der Waals surface area contributed by atoms with E-state index >= 15 is 0 Å². The molecule has 3 nitrogen and oxygen atoms in total. The van der Waals surface area contributed by atoms with E-state index in [1.54, 1.807) is 0 Å². The molecule has 0 spiro atoms. The molecule has 23 heavy (non-hydrogen) atoms. The highest BCUT2D eigenvalue weighted by molar-refractivity contribution is 6.06. The van der Waals surface area contributed by atoms with Crippen LogP contribution in [-0.2, 0) is 4.74 Å². The maximum absolute atomic E-state index is 5.83. The van der Waals surface area contributed by atoms with Gasteiger partial charge in [0.15, 0.2) is 0 Å². The first kappa shape index (κ1) is 14.2. The van der Waals surface area contributed by atoms with Gasteiger partial charge < -0.3 is 4.74 Å². The topological polar surface area (TPSA) is 34.5 Å². The second-order valence-corrected chi connectivity index (χ2v) is 7.18. The van der Waals surface area contributed by atoms with Gasteiger partial charge in [0, 0.05) is 10.8 Å². The number of nitrogens with zero attached hydrogens (tertiary/aromatic N) is 2. The molecule has 1 aromatic heterocycles. The van der Waals surface area contributed by atoms with Gasteiger partial charge in [0.25, 0.3) is 0 Å². The van der Waals surface area contributed by atoms with Crippen molar-refractivity contribution in [3.05, 3.63) is 54.2 Å². The lowest BCUT2D eigenvalue weighted by Crippen LogP contribution is -2.25. The molecule has 0 amide bonds. The van der Waals surface area contributed by atoms with E-state index in [4.69, 9.17) is 14.7 Å². The fourth-order valence-electron chi connectivity index (χ4n) is 2.93. The molecular formula is C20H20N2O. The number of benzene rings is 2. The van der Waals surface area contributed by atoms with Crippen LogP contribution in [-0.4, -0.2) is 23.5 Å². The quantitative estimate of drug-likeness (QED) is 0.617. The van der Waals surface area contributed by atoms with E-state index in [1.807, 2.05) is 6.07 Å². The van der Waals surface area contributed by atoms with Gasteiger partial charge in [-0.15, -0.1) is 0 Å². The number of fused-ring (bicyclic) bond motifs is 3. The van der Waals surface area contributed by atoms with Gasteiger partial charge in [0.2, 0.25) is 5.90 Å². The maximum atomic E-state index is 5.83. The Kier molecular flexibility index (Phi) is 3.12. The van der Waals surface area contributed by atoms with Crippen molar-refractivity contribution in [2.75, 3.05) is 6.61 Å². The monoisotopic (exact) mass is 304 g/mol. The van der Waals surface area contributed by atoms with Crippen LogP contribution in [0.3, 0.4) is 0 Å². The Bertz CT molecular complexity index is 922. The molecule has 2 heterocycles. The molecule has 1 atom stereocenters. The summed E-state index contributed by atoms with van der Waals surface area (Å²) in [7, 11) is 0. The van der Waals surface area contributed by atoms with E-state index in [2.05, 4.69) is 63.2 Å². The Morgan fingerprint density at radius 2 is 1.70 bits per heavy atom. The van der Waals surface area contributed by atoms with Crippen LogP contribution in [0, 0.1) is 5.41 Å². The molecule has 0 radical (unpaired) electrons. The number of pyridine rings is 1. The summed E-state index contributed by atoms with van der Waals surface area (Å²) in [5.41, 5.74) is 1.93. The van der Waals surface area contributed by atoms with E-state index in [-0.39, 0.29) is 11.5 Å². The van der Waals surface area contributed by atoms with Crippen molar-refractivity contribution in [2.24, 2.45) is 10.4 Å². The van der Waals surface area contributed by atoms with Crippen molar-refractivity contribution in [1.82, 2.24) is 4.98 Å². The molecule has 1 aliphatic heterocycles. The summed E-state index contributed by atoms with van der Waals surface area (Å²) in [5.74, 6) is 0.666. The molecule has 3 heteroatoms. The average Bonchev–Trinajstić information content (AvgIpc) is 3.04. The van der Waals surface area contributed by atoms with Crippen LogP contribution in [0.25, 0.3) is 21.7 Å². The third-order valence-electron chi connectivity index (χ3n) is 4.45. The van der Waals surface area contributed by atoms with Gasteiger partial charge in [0.05, 0.1) is 11.6 Å². The molecule has 0 saturated carbocycles. The van der Waals surface area contributed by atoms with Crippen molar-refractivity contribution in [1.29, 1.82) is 0 Å². The highest BCUT2D eigenvalue weighted by Gasteiger charge is 2.31. The maximum Gasteiger partial charge on any atom is 0.235 e. The number of aromatic nitrogens is 1. The molecule has 1 aliphatic rings. The van der Waals surface area contributed by atoms with Crippen LogP contribution in [0.2, 0.25) is 0 Å². The van der Waals surface area contributed by atoms with Crippen LogP contribution in [0.5, 0.6) is 0 Å². The van der Waals surface area contributed by atoms with Crippen LogP contribution in [0.15, 0.2) is 53.5 Å². The number of ether oxygens (including phenoxy) is 1. The number of hydrogen-bond acceptors (Lipinski definition) is 3. The van der Waals surface area contributed by atoms with E-state index < -0.39 is 0 Å². The van der Waals surface area contributed by atoms with Gasteiger partial charge in [-0.3, -0.25) is 0 Å². The second kappa shape index (κ2) is 5.05. The van der Waals surface area contributed by atoms with Gasteiger partial charge in [-0.25, -0.2) is 9.98 Å². The molecule has 0 aliphatic carbocycles. The van der Waals surface area contributed by atoms with Crippen molar-refractivity contribution in [3.8, 4) is 0 Å². The first-order chi connectivity index (χ1) is 11.0. The minimum absolute atomic E-state index is 0.102. The van der Waals surface area contributed by atoms with Gasteiger partial charge in [-0.1, -0.05) is 63.2 Å². The zero-order valence-corrected chi connectivity index (χ0v) is 13.7. The molecule has 116 valence electrons. The van der Waals surface area contributed by atoms with Crippen LogP contribution in [0.1, 0.15) is 26.5 Å². The smallest absolute Gasteiger partial charge is 0.235 e. The Morgan fingerprint density at radius 3 is 2.48 bits per heavy atom. The van der Waals surface area contributed by atoms with Crippen molar-refractivity contribution in [3.63, 3.8) is 0 Å². The lowest BCUT2D eigenvalue weighted by atomic mass is 9.88. The predicted molar refractivity (Wildman–Crippen MR) is 95.0 cm³/mol. The van der Waals surface area contributed by atoms with E-state index in [0.29, 0.717) is 12.5 Å². The van der Waals surface area contributed by atoms with Gasteiger partial charge in [-0.2, -0.15) is 0 Å². The summed E-state index contributed by atoms with van der Waals surface area (Å²) in [6.45, 7) is 7.20. The first-order valence-electron chi connectivity index (χ1n) is 8.02. The first-order valence-corrected chi connectivity index (χ1v) is 8.02. The summed E-state index contributed by atoms with van der Waals surface area (Å²) in [5, 5.41) is 3.50. The molecule has 4 rings (SSSR count). The molecule has 0 saturated heterocycles. The molecule has 0 N–H and O–H groups in total.